The van der Waals surface area contributed by atoms with Gasteiger partial charge in [0.1, 0.15) is 29.8 Å². The van der Waals surface area contributed by atoms with Crippen LogP contribution in [-0.4, -0.2) is 30.2 Å². The van der Waals surface area contributed by atoms with E-state index in [9.17, 15) is 31.1 Å². The van der Waals surface area contributed by atoms with Crippen molar-refractivity contribution in [3.63, 3.8) is 0 Å². The lowest BCUT2D eigenvalue weighted by molar-refractivity contribution is -0.0437. The number of aromatic nitrogens is 1. The van der Waals surface area contributed by atoms with Crippen LogP contribution >= 0.6 is 0 Å². The van der Waals surface area contributed by atoms with Crippen LogP contribution in [0.5, 0.6) is 11.5 Å². The molecule has 11 heteroatoms. The molecular weight excluding hydrogens is 392 g/mol. The van der Waals surface area contributed by atoms with Crippen molar-refractivity contribution in [3.05, 3.63) is 47.3 Å². The Bertz CT molecular complexity index is 1050. The third kappa shape index (κ3) is 3.22. The van der Waals surface area contributed by atoms with Crippen LogP contribution in [-0.2, 0) is 16.3 Å². The summed E-state index contributed by atoms with van der Waals surface area (Å²) in [4.78, 5) is 2.53. The molecule has 2 atom stereocenters. The Balaban J connectivity index is 2.14. The van der Waals surface area contributed by atoms with Crippen LogP contribution in [0.1, 0.15) is 22.8 Å². The maximum atomic E-state index is 14.0. The molecule has 1 aromatic carbocycles. The van der Waals surface area contributed by atoms with Crippen molar-refractivity contribution in [3.8, 4) is 17.6 Å². The summed E-state index contributed by atoms with van der Waals surface area (Å²) in [5.74, 6) is -0.0957. The molecule has 142 valence electrons. The highest BCUT2D eigenvalue weighted by Crippen LogP contribution is 2.46. The van der Waals surface area contributed by atoms with E-state index in [0.717, 1.165) is 6.07 Å². The van der Waals surface area contributed by atoms with Gasteiger partial charge in [0.2, 0.25) is 0 Å². The van der Waals surface area contributed by atoms with Crippen LogP contribution in [0.4, 0.5) is 17.6 Å². The number of pyridine rings is 1. The Hall–Kier alpha value is -2.71. The number of nitrogens with zero attached hydrogens (tertiary/aromatic N) is 2. The molecule has 0 unspecified atom stereocenters. The van der Waals surface area contributed by atoms with E-state index in [4.69, 9.17) is 10.00 Å². The van der Waals surface area contributed by atoms with Crippen LogP contribution in [0.25, 0.3) is 0 Å². The Morgan fingerprint density at radius 1 is 1.30 bits per heavy atom. The van der Waals surface area contributed by atoms with Gasteiger partial charge in [-0.15, -0.1) is 0 Å². The van der Waals surface area contributed by atoms with Gasteiger partial charge in [0.25, 0.3) is 9.84 Å². The van der Waals surface area contributed by atoms with Crippen molar-refractivity contribution in [2.45, 2.75) is 29.1 Å². The topological polar surface area (TPSA) is 100 Å². The molecule has 0 fully saturated rings. The van der Waals surface area contributed by atoms with Gasteiger partial charge in [-0.25, -0.2) is 12.8 Å². The molecular formula is C16H10F4N2O4S. The average molecular weight is 402 g/mol. The highest BCUT2D eigenvalue weighted by atomic mass is 32.2. The van der Waals surface area contributed by atoms with Gasteiger partial charge >= 0.3 is 5.51 Å². The highest BCUT2D eigenvalue weighted by Gasteiger charge is 2.50. The fourth-order valence-corrected chi connectivity index (χ4v) is 3.79. The van der Waals surface area contributed by atoms with Gasteiger partial charge in [-0.2, -0.15) is 18.4 Å². The molecule has 0 saturated carbocycles. The third-order valence-corrected chi connectivity index (χ3v) is 5.52. The molecule has 6 nitrogen and oxygen atoms in total. The SMILES string of the molecule is N#Cc1cncc(Oc2ccc(S(=O)(=O)C(F)(F)F)c3c2C[C@@H](F)[C@H]3O)c1. The molecule has 27 heavy (non-hydrogen) atoms. The first-order chi connectivity index (χ1) is 12.6. The van der Waals surface area contributed by atoms with Gasteiger partial charge in [0.05, 0.1) is 16.7 Å². The predicted octanol–water partition coefficient (Wildman–Crippen LogP) is 2.97. The molecule has 2 aromatic rings. The second kappa shape index (κ2) is 6.47. The minimum Gasteiger partial charge on any atom is -0.455 e. The summed E-state index contributed by atoms with van der Waals surface area (Å²) in [5, 5.41) is 18.8. The van der Waals surface area contributed by atoms with Crippen molar-refractivity contribution in [1.29, 1.82) is 5.26 Å². The van der Waals surface area contributed by atoms with Crippen LogP contribution in [0, 0.1) is 11.3 Å². The number of aliphatic hydroxyl groups excluding tert-OH is 1. The normalized spacial score (nSPS) is 19.4. The van der Waals surface area contributed by atoms with Crippen molar-refractivity contribution in [2.75, 3.05) is 0 Å². The van der Waals surface area contributed by atoms with Crippen molar-refractivity contribution in [1.82, 2.24) is 4.98 Å². The van der Waals surface area contributed by atoms with E-state index in [2.05, 4.69) is 4.98 Å². The zero-order chi connectivity index (χ0) is 20.0. The van der Waals surface area contributed by atoms with Gasteiger partial charge in [0, 0.05) is 29.8 Å². The van der Waals surface area contributed by atoms with Gasteiger partial charge < -0.3 is 9.84 Å². The van der Waals surface area contributed by atoms with Crippen molar-refractivity contribution >= 4 is 9.84 Å². The molecule has 0 radical (unpaired) electrons. The molecule has 0 spiro atoms. The van der Waals surface area contributed by atoms with Gasteiger partial charge in [-0.3, -0.25) is 4.98 Å². The summed E-state index contributed by atoms with van der Waals surface area (Å²) < 4.78 is 81.7. The molecule has 3 rings (SSSR count). The summed E-state index contributed by atoms with van der Waals surface area (Å²) in [6, 6.07) is 4.66. The zero-order valence-electron chi connectivity index (χ0n) is 13.2. The van der Waals surface area contributed by atoms with Gasteiger partial charge in [-0.05, 0) is 12.1 Å². The molecule has 0 bridgehead atoms. The van der Waals surface area contributed by atoms with Crippen molar-refractivity contribution < 1.29 is 35.8 Å². The van der Waals surface area contributed by atoms with E-state index < -0.39 is 44.5 Å². The van der Waals surface area contributed by atoms with E-state index >= 15 is 0 Å². The van der Waals surface area contributed by atoms with E-state index in [-0.39, 0.29) is 22.6 Å². The molecule has 1 N–H and O–H groups in total. The molecule has 1 aliphatic rings. The fourth-order valence-electron chi connectivity index (χ4n) is 2.76. The van der Waals surface area contributed by atoms with Gasteiger partial charge in [0.15, 0.2) is 0 Å². The Labute approximate surface area is 150 Å². The Morgan fingerprint density at radius 2 is 2.00 bits per heavy atom. The Morgan fingerprint density at radius 3 is 2.63 bits per heavy atom. The zero-order valence-corrected chi connectivity index (χ0v) is 14.1. The summed E-state index contributed by atoms with van der Waals surface area (Å²) in [6.07, 6.45) is -2.10. The molecule has 0 amide bonds. The molecule has 0 saturated heterocycles. The largest absolute Gasteiger partial charge is 0.501 e. The van der Waals surface area contributed by atoms with Crippen LogP contribution in [0.2, 0.25) is 0 Å². The van der Waals surface area contributed by atoms with E-state index in [1.165, 1.54) is 18.5 Å². The molecule has 1 aliphatic carbocycles. The summed E-state index contributed by atoms with van der Waals surface area (Å²) >= 11 is 0. The number of hydrogen-bond acceptors (Lipinski definition) is 6. The number of sulfone groups is 1. The predicted molar refractivity (Wildman–Crippen MR) is 82.3 cm³/mol. The van der Waals surface area contributed by atoms with E-state index in [1.807, 2.05) is 6.07 Å². The summed E-state index contributed by atoms with van der Waals surface area (Å²) in [6.45, 7) is 0. The second-order valence-electron chi connectivity index (χ2n) is 5.69. The number of ether oxygens (including phenoxy) is 1. The first-order valence-electron chi connectivity index (χ1n) is 7.38. The second-order valence-corrected chi connectivity index (χ2v) is 7.60. The minimum absolute atomic E-state index is 0.0412. The van der Waals surface area contributed by atoms with Crippen molar-refractivity contribution in [2.24, 2.45) is 0 Å². The lowest BCUT2D eigenvalue weighted by atomic mass is 10.1. The number of benzene rings is 1. The number of aliphatic hydroxyl groups is 1. The van der Waals surface area contributed by atoms with E-state index in [0.29, 0.717) is 6.07 Å². The number of fused-ring (bicyclic) bond motifs is 1. The number of hydrogen-bond donors (Lipinski definition) is 1. The lowest BCUT2D eigenvalue weighted by Crippen LogP contribution is -2.25. The number of halogens is 4. The van der Waals surface area contributed by atoms with Crippen LogP contribution in [0.3, 0.4) is 0 Å². The molecule has 1 heterocycles. The quantitative estimate of drug-likeness (QED) is 0.793. The lowest BCUT2D eigenvalue weighted by Gasteiger charge is -2.16. The van der Waals surface area contributed by atoms with Gasteiger partial charge in [-0.1, -0.05) is 0 Å². The molecule has 0 aliphatic heterocycles. The highest BCUT2D eigenvalue weighted by molar-refractivity contribution is 7.92. The number of rotatable bonds is 3. The standard InChI is InChI=1S/C16H10F4N2O4S/c17-11-4-10-12(26-9-3-8(5-21)6-22-7-9)1-2-13(14(10)15(11)23)27(24,25)16(18,19)20/h1-3,6-7,11,15,23H,4H2/t11-,15-/m1/s1. The fraction of sp³-hybridized carbons (Fsp3) is 0.250. The smallest absolute Gasteiger partial charge is 0.455 e. The maximum absolute atomic E-state index is 14.0. The first kappa shape index (κ1) is 19.1. The van der Waals surface area contributed by atoms with Crippen LogP contribution < -0.4 is 4.74 Å². The number of alkyl halides is 4. The summed E-state index contributed by atoms with van der Waals surface area (Å²) in [5.41, 5.74) is -6.34. The van der Waals surface area contributed by atoms with E-state index in [1.54, 1.807) is 0 Å². The maximum Gasteiger partial charge on any atom is 0.501 e. The average Bonchev–Trinajstić information content (AvgIpc) is 2.90. The monoisotopic (exact) mass is 402 g/mol. The summed E-state index contributed by atoms with van der Waals surface area (Å²) in [7, 11) is -5.80. The first-order valence-corrected chi connectivity index (χ1v) is 8.87. The van der Waals surface area contributed by atoms with Crippen LogP contribution in [0.15, 0.2) is 35.5 Å². The molecule has 1 aromatic heterocycles. The minimum atomic E-state index is -5.80. The Kier molecular flexibility index (Phi) is 4.57. The number of nitriles is 1. The third-order valence-electron chi connectivity index (χ3n) is 3.98.